The molecule has 4 nitrogen and oxygen atoms in total. The standard InChI is InChI=1S/C14H19BrN2O2/c1-12(15)11-16-14(18)17(2)9-6-10-19-13-7-4-3-5-8-13/h3-5,7-8H,1,6,9-11H2,2H3,(H,16,18). The van der Waals surface area contributed by atoms with Crippen molar-refractivity contribution in [2.24, 2.45) is 0 Å². The Hall–Kier alpha value is -1.49. The monoisotopic (exact) mass is 326 g/mol. The highest BCUT2D eigenvalue weighted by atomic mass is 79.9. The Morgan fingerprint density at radius 1 is 1.42 bits per heavy atom. The Morgan fingerprint density at radius 3 is 2.74 bits per heavy atom. The molecule has 2 amide bonds. The molecule has 0 saturated carbocycles. The minimum Gasteiger partial charge on any atom is -0.494 e. The maximum atomic E-state index is 11.6. The average Bonchev–Trinajstić information content (AvgIpc) is 2.41. The summed E-state index contributed by atoms with van der Waals surface area (Å²) in [4.78, 5) is 13.3. The van der Waals surface area contributed by atoms with Crippen LogP contribution in [-0.4, -0.2) is 37.7 Å². The molecular formula is C14H19BrN2O2. The van der Waals surface area contributed by atoms with Gasteiger partial charge in [-0.2, -0.15) is 0 Å². The molecular weight excluding hydrogens is 308 g/mol. The Labute approximate surface area is 122 Å². The molecule has 19 heavy (non-hydrogen) atoms. The highest BCUT2D eigenvalue weighted by Gasteiger charge is 2.07. The molecule has 1 rings (SSSR count). The van der Waals surface area contributed by atoms with Gasteiger partial charge in [0.05, 0.1) is 13.2 Å². The fourth-order valence-corrected chi connectivity index (χ4v) is 1.56. The van der Waals surface area contributed by atoms with Crippen LogP contribution in [0.15, 0.2) is 41.4 Å². The molecule has 0 radical (unpaired) electrons. The summed E-state index contributed by atoms with van der Waals surface area (Å²) in [5.41, 5.74) is 0. The van der Waals surface area contributed by atoms with Crippen LogP contribution in [0.5, 0.6) is 5.75 Å². The number of amides is 2. The SMILES string of the molecule is C=C(Br)CNC(=O)N(C)CCCOc1ccccc1. The van der Waals surface area contributed by atoms with Crippen LogP contribution >= 0.6 is 15.9 Å². The fraction of sp³-hybridized carbons (Fsp3) is 0.357. The Kier molecular flexibility index (Phi) is 7.03. The van der Waals surface area contributed by atoms with E-state index in [0.717, 1.165) is 16.7 Å². The topological polar surface area (TPSA) is 41.6 Å². The molecule has 0 aliphatic carbocycles. The lowest BCUT2D eigenvalue weighted by molar-refractivity contribution is 0.204. The fourth-order valence-electron chi connectivity index (χ4n) is 1.42. The second-order valence-corrected chi connectivity index (χ2v) is 5.23. The van der Waals surface area contributed by atoms with Gasteiger partial charge in [-0.05, 0) is 18.6 Å². The number of rotatable bonds is 7. The lowest BCUT2D eigenvalue weighted by Gasteiger charge is -2.17. The maximum Gasteiger partial charge on any atom is 0.317 e. The summed E-state index contributed by atoms with van der Waals surface area (Å²) in [6.45, 7) is 5.33. The summed E-state index contributed by atoms with van der Waals surface area (Å²) in [7, 11) is 1.76. The number of ether oxygens (including phenoxy) is 1. The van der Waals surface area contributed by atoms with E-state index in [1.165, 1.54) is 0 Å². The van der Waals surface area contributed by atoms with Crippen LogP contribution in [0.4, 0.5) is 4.79 Å². The summed E-state index contributed by atoms with van der Waals surface area (Å²) >= 11 is 3.19. The van der Waals surface area contributed by atoms with Gasteiger partial charge < -0.3 is 15.0 Å². The number of hydrogen-bond donors (Lipinski definition) is 1. The second-order valence-electron chi connectivity index (χ2n) is 4.11. The zero-order valence-corrected chi connectivity index (χ0v) is 12.6. The van der Waals surface area contributed by atoms with E-state index in [9.17, 15) is 4.79 Å². The molecule has 104 valence electrons. The largest absolute Gasteiger partial charge is 0.494 e. The number of urea groups is 1. The molecule has 0 fully saturated rings. The molecule has 1 aromatic rings. The van der Waals surface area contributed by atoms with E-state index in [2.05, 4.69) is 27.8 Å². The first-order valence-electron chi connectivity index (χ1n) is 6.09. The lowest BCUT2D eigenvalue weighted by Crippen LogP contribution is -2.38. The third kappa shape index (κ3) is 6.86. The van der Waals surface area contributed by atoms with Crippen LogP contribution in [0, 0.1) is 0 Å². The number of carbonyl (C=O) groups is 1. The molecule has 0 bridgehead atoms. The third-order valence-electron chi connectivity index (χ3n) is 2.43. The van der Waals surface area contributed by atoms with E-state index in [-0.39, 0.29) is 6.03 Å². The van der Waals surface area contributed by atoms with Crippen molar-refractivity contribution in [2.45, 2.75) is 6.42 Å². The molecule has 0 aromatic heterocycles. The van der Waals surface area contributed by atoms with Crippen molar-refractivity contribution in [3.8, 4) is 5.75 Å². The summed E-state index contributed by atoms with van der Waals surface area (Å²) < 4.78 is 6.31. The van der Waals surface area contributed by atoms with Gasteiger partial charge in [0.25, 0.3) is 0 Å². The normalized spacial score (nSPS) is 9.79. The van der Waals surface area contributed by atoms with Gasteiger partial charge in [0, 0.05) is 18.1 Å². The first kappa shape index (κ1) is 15.6. The van der Waals surface area contributed by atoms with Crippen LogP contribution in [0.2, 0.25) is 0 Å². The van der Waals surface area contributed by atoms with Crippen molar-refractivity contribution >= 4 is 22.0 Å². The Morgan fingerprint density at radius 2 is 2.11 bits per heavy atom. The van der Waals surface area contributed by atoms with Crippen LogP contribution in [0.25, 0.3) is 0 Å². The number of para-hydroxylation sites is 1. The number of nitrogens with one attached hydrogen (secondary N) is 1. The first-order chi connectivity index (χ1) is 9.09. The molecule has 0 unspecified atom stereocenters. The predicted molar refractivity (Wildman–Crippen MR) is 80.6 cm³/mol. The van der Waals surface area contributed by atoms with Crippen molar-refractivity contribution in [3.63, 3.8) is 0 Å². The van der Waals surface area contributed by atoms with Gasteiger partial charge in [-0.1, -0.05) is 40.7 Å². The zero-order chi connectivity index (χ0) is 14.1. The van der Waals surface area contributed by atoms with E-state index < -0.39 is 0 Å². The van der Waals surface area contributed by atoms with Gasteiger partial charge in [0.2, 0.25) is 0 Å². The molecule has 1 aromatic carbocycles. The van der Waals surface area contributed by atoms with E-state index in [1.54, 1.807) is 11.9 Å². The molecule has 0 aliphatic heterocycles. The summed E-state index contributed by atoms with van der Waals surface area (Å²) in [6.07, 6.45) is 0.786. The lowest BCUT2D eigenvalue weighted by atomic mass is 10.3. The zero-order valence-electron chi connectivity index (χ0n) is 11.1. The van der Waals surface area contributed by atoms with Crippen molar-refractivity contribution in [3.05, 3.63) is 41.4 Å². The molecule has 0 atom stereocenters. The van der Waals surface area contributed by atoms with Crippen molar-refractivity contribution < 1.29 is 9.53 Å². The first-order valence-corrected chi connectivity index (χ1v) is 6.89. The van der Waals surface area contributed by atoms with Crippen molar-refractivity contribution in [2.75, 3.05) is 26.7 Å². The van der Waals surface area contributed by atoms with E-state index in [4.69, 9.17) is 4.74 Å². The van der Waals surface area contributed by atoms with Gasteiger partial charge in [-0.3, -0.25) is 0 Å². The van der Waals surface area contributed by atoms with Gasteiger partial charge >= 0.3 is 6.03 Å². The van der Waals surface area contributed by atoms with E-state index >= 15 is 0 Å². The smallest absolute Gasteiger partial charge is 0.317 e. The minimum atomic E-state index is -0.111. The number of benzene rings is 1. The molecule has 0 heterocycles. The summed E-state index contributed by atoms with van der Waals surface area (Å²) in [5, 5.41) is 2.74. The van der Waals surface area contributed by atoms with Crippen LogP contribution in [-0.2, 0) is 0 Å². The highest BCUT2D eigenvalue weighted by molar-refractivity contribution is 9.11. The van der Waals surface area contributed by atoms with Crippen LogP contribution < -0.4 is 10.1 Å². The minimum absolute atomic E-state index is 0.111. The maximum absolute atomic E-state index is 11.6. The van der Waals surface area contributed by atoms with Crippen LogP contribution in [0.3, 0.4) is 0 Å². The van der Waals surface area contributed by atoms with E-state index in [1.807, 2.05) is 30.3 Å². The molecule has 1 N–H and O–H groups in total. The highest BCUT2D eigenvalue weighted by Crippen LogP contribution is 2.08. The van der Waals surface area contributed by atoms with Crippen molar-refractivity contribution in [1.82, 2.24) is 10.2 Å². The molecule has 0 spiro atoms. The van der Waals surface area contributed by atoms with Gasteiger partial charge in [0.1, 0.15) is 5.75 Å². The molecule has 5 heteroatoms. The van der Waals surface area contributed by atoms with Gasteiger partial charge in [-0.15, -0.1) is 0 Å². The Balaban J connectivity index is 2.14. The Bertz CT molecular complexity index is 409. The summed E-state index contributed by atoms with van der Waals surface area (Å²) in [6, 6.07) is 9.53. The van der Waals surface area contributed by atoms with Gasteiger partial charge in [0.15, 0.2) is 0 Å². The van der Waals surface area contributed by atoms with Crippen LogP contribution in [0.1, 0.15) is 6.42 Å². The van der Waals surface area contributed by atoms with Crippen molar-refractivity contribution in [1.29, 1.82) is 0 Å². The second kappa shape index (κ2) is 8.58. The average molecular weight is 327 g/mol. The van der Waals surface area contributed by atoms with Gasteiger partial charge in [-0.25, -0.2) is 4.79 Å². The number of carbonyl (C=O) groups excluding carboxylic acids is 1. The number of hydrogen-bond acceptors (Lipinski definition) is 2. The predicted octanol–water partition coefficient (Wildman–Crippen LogP) is 3.01. The summed E-state index contributed by atoms with van der Waals surface area (Å²) in [5.74, 6) is 0.852. The number of nitrogens with zero attached hydrogens (tertiary/aromatic N) is 1. The quantitative estimate of drug-likeness (QED) is 0.782. The number of halogens is 1. The molecule has 0 aliphatic rings. The molecule has 0 saturated heterocycles. The third-order valence-corrected chi connectivity index (χ3v) is 2.71. The van der Waals surface area contributed by atoms with E-state index in [0.29, 0.717) is 19.7 Å².